The van der Waals surface area contributed by atoms with Gasteiger partial charge in [0.05, 0.1) is 0 Å². The van der Waals surface area contributed by atoms with Crippen molar-refractivity contribution in [2.75, 3.05) is 6.61 Å². The van der Waals surface area contributed by atoms with E-state index in [1.807, 2.05) is 30.3 Å². The van der Waals surface area contributed by atoms with Crippen molar-refractivity contribution in [2.45, 2.75) is 6.18 Å². The van der Waals surface area contributed by atoms with Gasteiger partial charge in [-0.2, -0.15) is 23.1 Å². The summed E-state index contributed by atoms with van der Waals surface area (Å²) in [6, 6.07) is 11.9. The number of rotatable bonds is 4. The van der Waals surface area contributed by atoms with Crippen molar-refractivity contribution < 1.29 is 22.6 Å². The van der Waals surface area contributed by atoms with Gasteiger partial charge in [0.1, 0.15) is 5.75 Å². The molecule has 1 aromatic heterocycles. The zero-order valence-corrected chi connectivity index (χ0v) is 12.7. The number of benzene rings is 2. The van der Waals surface area contributed by atoms with E-state index in [2.05, 4.69) is 19.7 Å². The molecule has 3 aromatic rings. The summed E-state index contributed by atoms with van der Waals surface area (Å²) < 4.78 is 46.6. The van der Waals surface area contributed by atoms with E-state index in [0.717, 1.165) is 10.8 Å². The molecule has 3 rings (SSSR count). The summed E-state index contributed by atoms with van der Waals surface area (Å²) in [5.41, 5.74) is 0. The molecular formula is C15H9ClF3N3O2. The Morgan fingerprint density at radius 1 is 0.917 bits per heavy atom. The number of hydrogen-bond acceptors (Lipinski definition) is 5. The lowest BCUT2D eigenvalue weighted by Crippen LogP contribution is -2.20. The second-order valence-electron chi connectivity index (χ2n) is 4.65. The van der Waals surface area contributed by atoms with Crippen LogP contribution in [0.2, 0.25) is 5.28 Å². The maximum absolute atomic E-state index is 12.2. The topological polar surface area (TPSA) is 57.1 Å². The highest BCUT2D eigenvalue weighted by Gasteiger charge is 2.29. The van der Waals surface area contributed by atoms with Crippen LogP contribution in [0.25, 0.3) is 10.8 Å². The molecule has 0 radical (unpaired) electrons. The van der Waals surface area contributed by atoms with Gasteiger partial charge in [-0.1, -0.05) is 36.4 Å². The van der Waals surface area contributed by atoms with Crippen molar-refractivity contribution in [3.63, 3.8) is 0 Å². The van der Waals surface area contributed by atoms with Crippen molar-refractivity contribution in [3.8, 4) is 17.8 Å². The first-order valence-corrected chi connectivity index (χ1v) is 7.05. The first-order chi connectivity index (χ1) is 11.4. The van der Waals surface area contributed by atoms with Crippen LogP contribution in [-0.2, 0) is 0 Å². The Morgan fingerprint density at radius 3 is 2.42 bits per heavy atom. The Labute approximate surface area is 139 Å². The standard InChI is InChI=1S/C15H9ClF3N3O2/c16-12-20-13(23-8-15(17,18)19)22-14(21-12)24-11-7-3-5-9-4-1-2-6-10(9)11/h1-7H,8H2. The molecule has 0 saturated carbocycles. The molecule has 5 nitrogen and oxygen atoms in total. The summed E-state index contributed by atoms with van der Waals surface area (Å²) >= 11 is 5.68. The molecule has 0 N–H and O–H groups in total. The number of nitrogens with zero attached hydrogens (tertiary/aromatic N) is 3. The molecule has 0 aliphatic rings. The molecule has 0 amide bonds. The third-order valence-electron chi connectivity index (χ3n) is 2.88. The summed E-state index contributed by atoms with van der Waals surface area (Å²) in [4.78, 5) is 10.9. The summed E-state index contributed by atoms with van der Waals surface area (Å²) in [6.07, 6.45) is -4.52. The van der Waals surface area contributed by atoms with Crippen LogP contribution in [0.15, 0.2) is 42.5 Å². The predicted molar refractivity (Wildman–Crippen MR) is 80.4 cm³/mol. The van der Waals surface area contributed by atoms with Crippen LogP contribution in [0.3, 0.4) is 0 Å². The summed E-state index contributed by atoms with van der Waals surface area (Å²) in [7, 11) is 0. The molecule has 0 saturated heterocycles. The van der Waals surface area contributed by atoms with E-state index >= 15 is 0 Å². The SMILES string of the molecule is FC(F)(F)COc1nc(Cl)nc(Oc2cccc3ccccc23)n1. The Bertz CT molecular complexity index is 869. The molecule has 1 heterocycles. The lowest BCUT2D eigenvalue weighted by atomic mass is 10.1. The third kappa shape index (κ3) is 4.02. The number of aromatic nitrogens is 3. The second kappa shape index (κ2) is 6.48. The third-order valence-corrected chi connectivity index (χ3v) is 3.05. The van der Waals surface area contributed by atoms with Crippen molar-refractivity contribution in [2.24, 2.45) is 0 Å². The van der Waals surface area contributed by atoms with E-state index in [4.69, 9.17) is 16.3 Å². The van der Waals surface area contributed by atoms with Crippen LogP contribution in [0, 0.1) is 0 Å². The molecule has 0 atom stereocenters. The first kappa shape index (κ1) is 16.3. The molecule has 0 aliphatic heterocycles. The normalized spacial score (nSPS) is 11.5. The Morgan fingerprint density at radius 2 is 1.62 bits per heavy atom. The smallest absolute Gasteiger partial charge is 0.422 e. The molecule has 0 aliphatic carbocycles. The van der Waals surface area contributed by atoms with Gasteiger partial charge >= 0.3 is 18.2 Å². The molecule has 9 heteroatoms. The molecule has 24 heavy (non-hydrogen) atoms. The lowest BCUT2D eigenvalue weighted by molar-refractivity contribution is -0.154. The van der Waals surface area contributed by atoms with E-state index in [1.54, 1.807) is 12.1 Å². The molecular weight excluding hydrogens is 347 g/mol. The molecule has 124 valence electrons. The molecule has 0 spiro atoms. The molecule has 0 unspecified atom stereocenters. The van der Waals surface area contributed by atoms with Gasteiger partial charge in [0.25, 0.3) is 0 Å². The van der Waals surface area contributed by atoms with Gasteiger partial charge in [-0.15, -0.1) is 4.98 Å². The fourth-order valence-corrected chi connectivity index (χ4v) is 2.10. The Kier molecular flexibility index (Phi) is 4.39. The van der Waals surface area contributed by atoms with Crippen molar-refractivity contribution in [1.82, 2.24) is 15.0 Å². The summed E-state index contributed by atoms with van der Waals surface area (Å²) in [5, 5.41) is 1.37. The van der Waals surface area contributed by atoms with Gasteiger partial charge in [-0.25, -0.2) is 0 Å². The minimum atomic E-state index is -4.52. The van der Waals surface area contributed by atoms with Gasteiger partial charge in [0, 0.05) is 5.39 Å². The quantitative estimate of drug-likeness (QED) is 0.693. The van der Waals surface area contributed by atoms with Crippen molar-refractivity contribution >= 4 is 22.4 Å². The monoisotopic (exact) mass is 355 g/mol. The zero-order chi connectivity index (χ0) is 17.2. The van der Waals surface area contributed by atoms with Crippen molar-refractivity contribution in [3.05, 3.63) is 47.7 Å². The van der Waals surface area contributed by atoms with Gasteiger partial charge in [-0.3, -0.25) is 0 Å². The molecule has 2 aromatic carbocycles. The van der Waals surface area contributed by atoms with Crippen molar-refractivity contribution in [1.29, 1.82) is 0 Å². The largest absolute Gasteiger partial charge is 0.454 e. The predicted octanol–water partition coefficient (Wildman–Crippen LogP) is 4.41. The van der Waals surface area contributed by atoms with Gasteiger partial charge in [0.2, 0.25) is 5.28 Å². The number of hydrogen-bond donors (Lipinski definition) is 0. The zero-order valence-electron chi connectivity index (χ0n) is 11.9. The maximum Gasteiger partial charge on any atom is 0.422 e. The van der Waals surface area contributed by atoms with E-state index in [-0.39, 0.29) is 11.3 Å². The van der Waals surface area contributed by atoms with Crippen LogP contribution in [0.5, 0.6) is 17.8 Å². The first-order valence-electron chi connectivity index (χ1n) is 6.67. The Balaban J connectivity index is 1.88. The van der Waals surface area contributed by atoms with E-state index in [0.29, 0.717) is 5.75 Å². The fraction of sp³-hybridized carbons (Fsp3) is 0.133. The van der Waals surface area contributed by atoms with Gasteiger partial charge in [0.15, 0.2) is 6.61 Å². The highest BCUT2D eigenvalue weighted by Crippen LogP contribution is 2.29. The lowest BCUT2D eigenvalue weighted by Gasteiger charge is -2.10. The van der Waals surface area contributed by atoms with Gasteiger partial charge < -0.3 is 9.47 Å². The minimum absolute atomic E-state index is 0.261. The van der Waals surface area contributed by atoms with E-state index in [1.165, 1.54) is 0 Å². The average Bonchev–Trinajstić information content (AvgIpc) is 2.52. The highest BCUT2D eigenvalue weighted by atomic mass is 35.5. The highest BCUT2D eigenvalue weighted by molar-refractivity contribution is 6.28. The van der Waals surface area contributed by atoms with E-state index < -0.39 is 18.8 Å². The molecule has 0 bridgehead atoms. The van der Waals surface area contributed by atoms with Crippen LogP contribution in [0.4, 0.5) is 13.2 Å². The van der Waals surface area contributed by atoms with E-state index in [9.17, 15) is 13.2 Å². The maximum atomic E-state index is 12.2. The number of halogens is 4. The average molecular weight is 356 g/mol. The number of fused-ring (bicyclic) bond motifs is 1. The van der Waals surface area contributed by atoms with Gasteiger partial charge in [-0.05, 0) is 23.1 Å². The number of ether oxygens (including phenoxy) is 2. The van der Waals surface area contributed by atoms with Crippen LogP contribution in [-0.4, -0.2) is 27.7 Å². The fourth-order valence-electron chi connectivity index (χ4n) is 1.95. The van der Waals surface area contributed by atoms with Crippen LogP contribution >= 0.6 is 11.6 Å². The summed E-state index contributed by atoms with van der Waals surface area (Å²) in [5.74, 6) is 0.428. The summed E-state index contributed by atoms with van der Waals surface area (Å²) in [6.45, 7) is -1.54. The molecule has 0 fully saturated rings. The minimum Gasteiger partial charge on any atom is -0.454 e. The van der Waals surface area contributed by atoms with Crippen LogP contribution < -0.4 is 9.47 Å². The van der Waals surface area contributed by atoms with Crippen LogP contribution in [0.1, 0.15) is 0 Å². The second-order valence-corrected chi connectivity index (χ2v) is 4.99. The Hall–Kier alpha value is -2.61. The number of alkyl halides is 3.